The number of H-pyrrole nitrogens is 1. The molecule has 0 atom stereocenters. The lowest BCUT2D eigenvalue weighted by atomic mass is 9.94. The summed E-state index contributed by atoms with van der Waals surface area (Å²) in [7, 11) is 0. The van der Waals surface area contributed by atoms with Crippen molar-refractivity contribution < 1.29 is 19.0 Å². The van der Waals surface area contributed by atoms with Crippen LogP contribution in [0.1, 0.15) is 25.5 Å². The maximum Gasteiger partial charge on any atom is 0.223 e. The van der Waals surface area contributed by atoms with Crippen LogP contribution in [0.2, 0.25) is 0 Å². The van der Waals surface area contributed by atoms with Gasteiger partial charge in [-0.2, -0.15) is 5.26 Å². The molecule has 9 nitrogen and oxygen atoms in total. The lowest BCUT2D eigenvalue weighted by molar-refractivity contribution is -0.239. The number of nitrogens with zero attached hydrogens (tertiary/aromatic N) is 4. The number of nitrogens with one attached hydrogen (secondary N) is 2. The van der Waals surface area contributed by atoms with Gasteiger partial charge in [0, 0.05) is 23.7 Å². The second kappa shape index (κ2) is 9.40. The number of aliphatic hydroxyl groups excluding tert-OH is 1. The first kappa shape index (κ1) is 21.8. The summed E-state index contributed by atoms with van der Waals surface area (Å²) < 4.78 is 25.1. The second-order valence-corrected chi connectivity index (χ2v) is 7.88. The van der Waals surface area contributed by atoms with Crippen LogP contribution in [0.25, 0.3) is 22.6 Å². The topological polar surface area (TPSA) is 129 Å². The van der Waals surface area contributed by atoms with E-state index in [-0.39, 0.29) is 12.4 Å². The number of halogens is 1. The normalized spacial score (nSPS) is 20.6. The Morgan fingerprint density at radius 2 is 2.00 bits per heavy atom. The van der Waals surface area contributed by atoms with Crippen LogP contribution in [-0.2, 0) is 9.47 Å². The first-order chi connectivity index (χ1) is 15.5. The van der Waals surface area contributed by atoms with E-state index in [0.29, 0.717) is 60.6 Å². The molecule has 3 aromatic rings. The molecule has 1 aliphatic rings. The molecule has 166 valence electrons. The summed E-state index contributed by atoms with van der Waals surface area (Å²) in [6.07, 6.45) is 1.19. The van der Waals surface area contributed by atoms with Gasteiger partial charge in [-0.25, -0.2) is 19.3 Å². The van der Waals surface area contributed by atoms with Crippen LogP contribution in [-0.4, -0.2) is 51.4 Å². The van der Waals surface area contributed by atoms with Crippen molar-refractivity contribution >= 4 is 5.95 Å². The molecule has 0 saturated carbocycles. The van der Waals surface area contributed by atoms with E-state index in [9.17, 15) is 9.50 Å². The lowest BCUT2D eigenvalue weighted by Gasteiger charge is -2.35. The van der Waals surface area contributed by atoms with Crippen molar-refractivity contribution in [2.24, 2.45) is 5.41 Å². The molecule has 3 heterocycles. The van der Waals surface area contributed by atoms with Crippen molar-refractivity contribution in [1.29, 1.82) is 5.26 Å². The molecule has 2 aromatic heterocycles. The monoisotopic (exact) mass is 438 g/mol. The molecule has 1 aromatic carbocycles. The molecule has 0 amide bonds. The van der Waals surface area contributed by atoms with Gasteiger partial charge in [-0.1, -0.05) is 6.92 Å². The number of ether oxygens (including phenoxy) is 2. The number of hydrogen-bond acceptors (Lipinski definition) is 8. The van der Waals surface area contributed by atoms with Crippen LogP contribution in [0.15, 0.2) is 36.5 Å². The molecular weight excluding hydrogens is 415 g/mol. The molecule has 1 saturated heterocycles. The van der Waals surface area contributed by atoms with Gasteiger partial charge in [0.05, 0.1) is 49.4 Å². The Hall–Kier alpha value is -3.39. The minimum atomic E-state index is -0.738. The number of aliphatic hydroxyl groups is 1. The van der Waals surface area contributed by atoms with Crippen LogP contribution in [0.5, 0.6) is 0 Å². The van der Waals surface area contributed by atoms with Crippen LogP contribution < -0.4 is 5.32 Å². The van der Waals surface area contributed by atoms with E-state index in [1.807, 2.05) is 6.92 Å². The minimum absolute atomic E-state index is 0.0491. The van der Waals surface area contributed by atoms with Crippen molar-refractivity contribution in [2.45, 2.75) is 19.6 Å². The van der Waals surface area contributed by atoms with E-state index < -0.39 is 11.7 Å². The molecule has 3 N–H and O–H groups in total. The quantitative estimate of drug-likeness (QED) is 0.480. The standard InChI is InChI=1S/C22H23FN6O3/c1-22(11-30)12-31-20(32-13-22)19-28-17(14-3-5-15(23)6-4-14)18(29-19)16-7-10-26-21(27-16)25-9-2-8-24/h3-7,10,20,30H,2,9,11-13H2,1H3,(H,28,29)(H,25,26,27). The Kier molecular flexibility index (Phi) is 6.41. The first-order valence-corrected chi connectivity index (χ1v) is 10.2. The Bertz CT molecular complexity index is 1100. The molecule has 0 spiro atoms. The Labute approximate surface area is 184 Å². The van der Waals surface area contributed by atoms with Crippen LogP contribution in [0.4, 0.5) is 10.3 Å². The van der Waals surface area contributed by atoms with Gasteiger partial charge in [-0.15, -0.1) is 0 Å². The van der Waals surface area contributed by atoms with E-state index in [1.54, 1.807) is 24.4 Å². The molecule has 0 bridgehead atoms. The second-order valence-electron chi connectivity index (χ2n) is 7.88. The average molecular weight is 438 g/mol. The summed E-state index contributed by atoms with van der Waals surface area (Å²) in [5, 5.41) is 21.3. The highest BCUT2D eigenvalue weighted by Gasteiger charge is 2.34. The summed E-state index contributed by atoms with van der Waals surface area (Å²) in [6.45, 7) is 2.88. The van der Waals surface area contributed by atoms with Gasteiger partial charge in [0.2, 0.25) is 12.2 Å². The number of benzene rings is 1. The summed E-state index contributed by atoms with van der Waals surface area (Å²) in [4.78, 5) is 16.6. The summed E-state index contributed by atoms with van der Waals surface area (Å²) in [5.41, 5.74) is 1.94. The van der Waals surface area contributed by atoms with E-state index in [0.717, 1.165) is 0 Å². The number of hydrogen-bond donors (Lipinski definition) is 3. The van der Waals surface area contributed by atoms with Crippen molar-refractivity contribution in [2.75, 3.05) is 31.7 Å². The third kappa shape index (κ3) is 4.75. The van der Waals surface area contributed by atoms with Crippen molar-refractivity contribution in [1.82, 2.24) is 19.9 Å². The number of aromatic nitrogens is 4. The SMILES string of the molecule is CC1(CO)COC(c2nc(-c3ccc(F)cc3)c(-c3ccnc(NCCC#N)n3)[nH]2)OC1. The number of anilines is 1. The molecule has 1 fully saturated rings. The van der Waals surface area contributed by atoms with Crippen LogP contribution >= 0.6 is 0 Å². The van der Waals surface area contributed by atoms with Gasteiger partial charge in [0.25, 0.3) is 0 Å². The summed E-state index contributed by atoms with van der Waals surface area (Å²) >= 11 is 0. The Balaban J connectivity index is 1.69. The number of rotatable bonds is 7. The molecule has 0 unspecified atom stereocenters. The predicted molar refractivity (Wildman–Crippen MR) is 114 cm³/mol. The number of nitriles is 1. The van der Waals surface area contributed by atoms with Crippen molar-refractivity contribution in [3.8, 4) is 28.7 Å². The van der Waals surface area contributed by atoms with Gasteiger partial charge < -0.3 is 24.9 Å². The molecule has 32 heavy (non-hydrogen) atoms. The molecule has 10 heteroatoms. The van der Waals surface area contributed by atoms with E-state index in [2.05, 4.69) is 31.3 Å². The highest BCUT2D eigenvalue weighted by Crippen LogP contribution is 2.35. The Morgan fingerprint density at radius 1 is 1.25 bits per heavy atom. The van der Waals surface area contributed by atoms with Crippen LogP contribution in [0.3, 0.4) is 0 Å². The number of imidazole rings is 1. The zero-order chi connectivity index (χ0) is 22.6. The van der Waals surface area contributed by atoms with Gasteiger partial charge in [0.15, 0.2) is 5.82 Å². The van der Waals surface area contributed by atoms with Gasteiger partial charge in [0.1, 0.15) is 5.82 Å². The fourth-order valence-corrected chi connectivity index (χ4v) is 3.21. The summed E-state index contributed by atoms with van der Waals surface area (Å²) in [6, 6.07) is 9.79. The summed E-state index contributed by atoms with van der Waals surface area (Å²) in [5.74, 6) is 0.471. The van der Waals surface area contributed by atoms with Crippen molar-refractivity contribution in [3.63, 3.8) is 0 Å². The Morgan fingerprint density at radius 3 is 2.69 bits per heavy atom. The predicted octanol–water partition coefficient (Wildman–Crippen LogP) is 3.04. The van der Waals surface area contributed by atoms with Crippen LogP contribution in [0, 0.1) is 22.6 Å². The van der Waals surface area contributed by atoms with Gasteiger partial charge in [-0.05, 0) is 30.3 Å². The van der Waals surface area contributed by atoms with Gasteiger partial charge >= 0.3 is 0 Å². The smallest absolute Gasteiger partial charge is 0.223 e. The number of aromatic amines is 1. The van der Waals surface area contributed by atoms with E-state index in [1.165, 1.54) is 12.1 Å². The third-order valence-corrected chi connectivity index (χ3v) is 5.04. The lowest BCUT2D eigenvalue weighted by Crippen LogP contribution is -2.39. The molecular formula is C22H23FN6O3. The van der Waals surface area contributed by atoms with E-state index >= 15 is 0 Å². The zero-order valence-corrected chi connectivity index (χ0v) is 17.5. The average Bonchev–Trinajstić information content (AvgIpc) is 3.26. The maximum absolute atomic E-state index is 13.5. The first-order valence-electron chi connectivity index (χ1n) is 10.2. The largest absolute Gasteiger partial charge is 0.396 e. The maximum atomic E-state index is 13.5. The van der Waals surface area contributed by atoms with Gasteiger partial charge in [-0.3, -0.25) is 0 Å². The molecule has 0 aliphatic carbocycles. The van der Waals surface area contributed by atoms with Crippen molar-refractivity contribution in [3.05, 3.63) is 48.2 Å². The highest BCUT2D eigenvalue weighted by atomic mass is 19.1. The fourth-order valence-electron chi connectivity index (χ4n) is 3.21. The molecule has 1 aliphatic heterocycles. The molecule has 0 radical (unpaired) electrons. The van der Waals surface area contributed by atoms with E-state index in [4.69, 9.17) is 14.7 Å². The zero-order valence-electron chi connectivity index (χ0n) is 17.5. The minimum Gasteiger partial charge on any atom is -0.396 e. The highest BCUT2D eigenvalue weighted by molar-refractivity contribution is 5.77. The third-order valence-electron chi connectivity index (χ3n) is 5.04. The fraction of sp³-hybridized carbons (Fsp3) is 0.364. The molecule has 4 rings (SSSR count).